The molecular weight excluding hydrogens is 546 g/mol. The Morgan fingerprint density at radius 1 is 0.714 bits per heavy atom. The number of amides is 2. The second-order valence-corrected chi connectivity index (χ2v) is 11.8. The van der Waals surface area contributed by atoms with Crippen LogP contribution in [0, 0.1) is 0 Å². The SMILES string of the molecule is CCNS(=O)(=O)c1ccc(CCC(=O)N(Cc2ccccc2)[C@@H](C(=O)NCCc2ccccc2)c2ccccc2)cc1. The molecule has 0 saturated carbocycles. The van der Waals surface area contributed by atoms with Crippen molar-refractivity contribution < 1.29 is 18.0 Å². The summed E-state index contributed by atoms with van der Waals surface area (Å²) in [5, 5.41) is 3.06. The second kappa shape index (κ2) is 15.1. The molecule has 0 radical (unpaired) electrons. The molecule has 218 valence electrons. The zero-order valence-electron chi connectivity index (χ0n) is 23.8. The smallest absolute Gasteiger partial charge is 0.247 e. The summed E-state index contributed by atoms with van der Waals surface area (Å²) in [6, 6.07) is 34.7. The van der Waals surface area contributed by atoms with Gasteiger partial charge in [-0.3, -0.25) is 9.59 Å². The first-order chi connectivity index (χ1) is 20.4. The molecule has 4 aromatic rings. The normalized spacial score (nSPS) is 11.9. The molecule has 4 rings (SSSR count). The number of nitrogens with zero attached hydrogens (tertiary/aromatic N) is 1. The molecule has 0 spiro atoms. The van der Waals surface area contributed by atoms with Gasteiger partial charge >= 0.3 is 0 Å². The van der Waals surface area contributed by atoms with E-state index >= 15 is 0 Å². The van der Waals surface area contributed by atoms with Crippen molar-refractivity contribution in [1.29, 1.82) is 0 Å². The van der Waals surface area contributed by atoms with Gasteiger partial charge in [0.05, 0.1) is 4.90 Å². The van der Waals surface area contributed by atoms with Gasteiger partial charge in [0.1, 0.15) is 6.04 Å². The number of rotatable bonds is 14. The maximum atomic E-state index is 13.9. The molecule has 0 aliphatic rings. The number of benzene rings is 4. The molecule has 2 N–H and O–H groups in total. The van der Waals surface area contributed by atoms with Gasteiger partial charge in [-0.25, -0.2) is 13.1 Å². The minimum atomic E-state index is -3.55. The molecule has 2 amide bonds. The molecule has 0 aliphatic heterocycles. The number of nitrogens with one attached hydrogen (secondary N) is 2. The highest BCUT2D eigenvalue weighted by Gasteiger charge is 2.31. The summed E-state index contributed by atoms with van der Waals surface area (Å²) in [7, 11) is -3.55. The number of sulfonamides is 1. The Balaban J connectivity index is 1.55. The summed E-state index contributed by atoms with van der Waals surface area (Å²) in [4.78, 5) is 29.5. The van der Waals surface area contributed by atoms with Crippen molar-refractivity contribution in [2.45, 2.75) is 43.7 Å². The lowest BCUT2D eigenvalue weighted by Gasteiger charge is -2.32. The Bertz CT molecular complexity index is 1530. The van der Waals surface area contributed by atoms with Gasteiger partial charge < -0.3 is 10.2 Å². The minimum absolute atomic E-state index is 0.159. The zero-order chi connectivity index (χ0) is 29.8. The Morgan fingerprint density at radius 2 is 1.26 bits per heavy atom. The molecule has 0 fully saturated rings. The number of carbonyl (C=O) groups is 2. The van der Waals surface area contributed by atoms with Crippen LogP contribution in [-0.2, 0) is 39.0 Å². The van der Waals surface area contributed by atoms with Gasteiger partial charge in [0, 0.05) is 26.1 Å². The third kappa shape index (κ3) is 8.61. The largest absolute Gasteiger partial charge is 0.354 e. The highest BCUT2D eigenvalue weighted by Crippen LogP contribution is 2.25. The van der Waals surface area contributed by atoms with Crippen LogP contribution in [0.1, 0.15) is 41.6 Å². The monoisotopic (exact) mass is 583 g/mol. The van der Waals surface area contributed by atoms with E-state index in [1.54, 1.807) is 36.1 Å². The van der Waals surface area contributed by atoms with E-state index in [1.807, 2.05) is 91.0 Å². The van der Waals surface area contributed by atoms with Gasteiger partial charge in [-0.1, -0.05) is 110 Å². The van der Waals surface area contributed by atoms with Gasteiger partial charge in [0.2, 0.25) is 21.8 Å². The summed E-state index contributed by atoms with van der Waals surface area (Å²) in [5.41, 5.74) is 3.61. The van der Waals surface area contributed by atoms with Crippen LogP contribution in [0.2, 0.25) is 0 Å². The summed E-state index contributed by atoms with van der Waals surface area (Å²) >= 11 is 0. The Hall–Kier alpha value is -4.27. The molecule has 0 heterocycles. The van der Waals surface area contributed by atoms with Gasteiger partial charge in [0.25, 0.3) is 0 Å². The lowest BCUT2D eigenvalue weighted by atomic mass is 10.0. The highest BCUT2D eigenvalue weighted by molar-refractivity contribution is 7.89. The first-order valence-electron chi connectivity index (χ1n) is 14.2. The molecule has 0 unspecified atom stereocenters. The molecule has 0 aliphatic carbocycles. The van der Waals surface area contributed by atoms with Crippen LogP contribution in [0.3, 0.4) is 0 Å². The van der Waals surface area contributed by atoms with E-state index in [-0.39, 0.29) is 29.7 Å². The summed E-state index contributed by atoms with van der Waals surface area (Å²) in [6.45, 7) is 2.75. The summed E-state index contributed by atoms with van der Waals surface area (Å²) in [5.74, 6) is -0.408. The molecule has 1 atom stereocenters. The van der Waals surface area contributed by atoms with E-state index in [0.717, 1.165) is 22.3 Å². The van der Waals surface area contributed by atoms with Crippen LogP contribution >= 0.6 is 0 Å². The van der Waals surface area contributed by atoms with E-state index in [4.69, 9.17) is 0 Å². The standard InChI is InChI=1S/C34H37N3O4S/c1-2-36-42(40,41)31-21-18-28(19-22-31)20-23-32(38)37(26-29-14-8-4-9-15-29)33(30-16-10-5-11-17-30)34(39)35-25-24-27-12-6-3-7-13-27/h3-19,21-22,33,36H,2,20,23-26H2,1H3,(H,35,39)/t33-/m1/s1. The summed E-state index contributed by atoms with van der Waals surface area (Å²) in [6.07, 6.45) is 1.25. The number of hydrogen-bond donors (Lipinski definition) is 2. The maximum absolute atomic E-state index is 13.9. The van der Waals surface area contributed by atoms with Crippen molar-refractivity contribution in [1.82, 2.24) is 14.9 Å². The Morgan fingerprint density at radius 3 is 1.86 bits per heavy atom. The fourth-order valence-electron chi connectivity index (χ4n) is 4.79. The Labute approximate surface area is 248 Å². The number of hydrogen-bond acceptors (Lipinski definition) is 4. The van der Waals surface area contributed by atoms with Crippen LogP contribution in [0.5, 0.6) is 0 Å². The van der Waals surface area contributed by atoms with Crippen molar-refractivity contribution in [3.8, 4) is 0 Å². The van der Waals surface area contributed by atoms with Crippen molar-refractivity contribution in [3.05, 3.63) is 138 Å². The fourth-order valence-corrected chi connectivity index (χ4v) is 5.83. The maximum Gasteiger partial charge on any atom is 0.247 e. The average Bonchev–Trinajstić information content (AvgIpc) is 3.01. The van der Waals surface area contributed by atoms with Crippen molar-refractivity contribution in [2.24, 2.45) is 0 Å². The first kappa shape index (κ1) is 30.7. The van der Waals surface area contributed by atoms with E-state index in [9.17, 15) is 18.0 Å². The van der Waals surface area contributed by atoms with Crippen molar-refractivity contribution in [2.75, 3.05) is 13.1 Å². The molecule has 42 heavy (non-hydrogen) atoms. The fraction of sp³-hybridized carbons (Fsp3) is 0.235. The average molecular weight is 584 g/mol. The van der Waals surface area contributed by atoms with E-state index in [1.165, 1.54) is 0 Å². The highest BCUT2D eigenvalue weighted by atomic mass is 32.2. The van der Waals surface area contributed by atoms with E-state index in [0.29, 0.717) is 25.9 Å². The molecule has 0 saturated heterocycles. The molecule has 4 aromatic carbocycles. The lowest BCUT2D eigenvalue weighted by Crippen LogP contribution is -2.44. The topological polar surface area (TPSA) is 95.6 Å². The molecule has 7 nitrogen and oxygen atoms in total. The molecule has 0 bridgehead atoms. The van der Waals surface area contributed by atoms with Gasteiger partial charge in [0.15, 0.2) is 0 Å². The zero-order valence-corrected chi connectivity index (χ0v) is 24.6. The van der Waals surface area contributed by atoms with E-state index in [2.05, 4.69) is 10.0 Å². The van der Waals surface area contributed by atoms with Crippen LogP contribution in [0.4, 0.5) is 0 Å². The van der Waals surface area contributed by atoms with Crippen LogP contribution in [-0.4, -0.2) is 38.2 Å². The van der Waals surface area contributed by atoms with Crippen LogP contribution < -0.4 is 10.0 Å². The second-order valence-electron chi connectivity index (χ2n) is 9.99. The molecule has 8 heteroatoms. The predicted molar refractivity (Wildman–Crippen MR) is 165 cm³/mol. The number of carbonyl (C=O) groups excluding carboxylic acids is 2. The molecule has 0 aromatic heterocycles. The first-order valence-corrected chi connectivity index (χ1v) is 15.6. The van der Waals surface area contributed by atoms with Crippen molar-refractivity contribution >= 4 is 21.8 Å². The van der Waals surface area contributed by atoms with Gasteiger partial charge in [-0.15, -0.1) is 0 Å². The van der Waals surface area contributed by atoms with Crippen molar-refractivity contribution in [3.63, 3.8) is 0 Å². The van der Waals surface area contributed by atoms with Gasteiger partial charge in [-0.05, 0) is 47.2 Å². The summed E-state index contributed by atoms with van der Waals surface area (Å²) < 4.78 is 27.1. The number of aryl methyl sites for hydroxylation is 1. The third-order valence-corrected chi connectivity index (χ3v) is 8.50. The third-order valence-electron chi connectivity index (χ3n) is 6.94. The van der Waals surface area contributed by atoms with Gasteiger partial charge in [-0.2, -0.15) is 0 Å². The predicted octanol–water partition coefficient (Wildman–Crippen LogP) is 5.05. The van der Waals surface area contributed by atoms with Crippen LogP contribution in [0.15, 0.2) is 120 Å². The Kier molecular flexibility index (Phi) is 11.0. The minimum Gasteiger partial charge on any atom is -0.354 e. The molecular formula is C34H37N3O4S. The lowest BCUT2D eigenvalue weighted by molar-refractivity contribution is -0.141. The van der Waals surface area contributed by atoms with Crippen LogP contribution in [0.25, 0.3) is 0 Å². The van der Waals surface area contributed by atoms with E-state index < -0.39 is 16.1 Å². The quantitative estimate of drug-likeness (QED) is 0.217.